The minimum atomic E-state index is -3.72. The maximum absolute atomic E-state index is 12.5. The SMILES string of the molecule is CN(C(=O)COc1ccc(S(=O)(=O)Nc2ccc(Br)cc2)cc1)c1ccccc1. The van der Waals surface area contributed by atoms with Crippen molar-refractivity contribution in [1.82, 2.24) is 0 Å². The molecule has 0 radical (unpaired) electrons. The van der Waals surface area contributed by atoms with Gasteiger partial charge < -0.3 is 9.64 Å². The molecule has 0 heterocycles. The molecule has 1 N–H and O–H groups in total. The van der Waals surface area contributed by atoms with Crippen LogP contribution in [-0.4, -0.2) is 28.0 Å². The van der Waals surface area contributed by atoms with E-state index in [2.05, 4.69) is 20.7 Å². The number of rotatable bonds is 7. The Labute approximate surface area is 178 Å². The quantitative estimate of drug-likeness (QED) is 0.553. The van der Waals surface area contributed by atoms with Gasteiger partial charge in [0.05, 0.1) is 4.90 Å². The number of amides is 1. The average Bonchev–Trinajstić information content (AvgIpc) is 2.74. The van der Waals surface area contributed by atoms with Crippen molar-refractivity contribution in [1.29, 1.82) is 0 Å². The molecule has 150 valence electrons. The average molecular weight is 475 g/mol. The summed E-state index contributed by atoms with van der Waals surface area (Å²) in [6.45, 7) is -0.158. The van der Waals surface area contributed by atoms with E-state index in [1.165, 1.54) is 29.2 Å². The van der Waals surface area contributed by atoms with Gasteiger partial charge in [-0.2, -0.15) is 0 Å². The van der Waals surface area contributed by atoms with E-state index < -0.39 is 10.0 Å². The summed E-state index contributed by atoms with van der Waals surface area (Å²) in [5.74, 6) is 0.187. The van der Waals surface area contributed by atoms with Crippen molar-refractivity contribution in [2.45, 2.75) is 4.90 Å². The van der Waals surface area contributed by atoms with Crippen LogP contribution in [-0.2, 0) is 14.8 Å². The van der Waals surface area contributed by atoms with E-state index in [9.17, 15) is 13.2 Å². The Kier molecular flexibility index (Phi) is 6.56. The molecule has 0 bridgehead atoms. The number of hydrogen-bond donors (Lipinski definition) is 1. The van der Waals surface area contributed by atoms with Crippen molar-refractivity contribution in [2.75, 3.05) is 23.3 Å². The summed E-state index contributed by atoms with van der Waals surface area (Å²) in [5.41, 5.74) is 1.23. The van der Waals surface area contributed by atoms with Gasteiger partial charge in [0, 0.05) is 22.9 Å². The number of nitrogens with zero attached hydrogens (tertiary/aromatic N) is 1. The standard InChI is InChI=1S/C21H19BrN2O4S/c1-24(18-5-3-2-4-6-18)21(25)15-28-19-11-13-20(14-12-19)29(26,27)23-17-9-7-16(22)8-10-17/h2-14,23H,15H2,1H3. The van der Waals surface area contributed by atoms with Crippen molar-refractivity contribution < 1.29 is 17.9 Å². The Balaban J connectivity index is 1.61. The van der Waals surface area contributed by atoms with Gasteiger partial charge in [-0.15, -0.1) is 0 Å². The van der Waals surface area contributed by atoms with Crippen LogP contribution in [0, 0.1) is 0 Å². The molecule has 0 aliphatic rings. The molecule has 0 saturated carbocycles. The number of hydrogen-bond acceptors (Lipinski definition) is 4. The number of halogens is 1. The van der Waals surface area contributed by atoms with E-state index >= 15 is 0 Å². The highest BCUT2D eigenvalue weighted by atomic mass is 79.9. The number of ether oxygens (including phenoxy) is 1. The number of anilines is 2. The molecule has 8 heteroatoms. The zero-order chi connectivity index (χ0) is 20.9. The van der Waals surface area contributed by atoms with E-state index in [0.29, 0.717) is 11.4 Å². The van der Waals surface area contributed by atoms with E-state index in [1.54, 1.807) is 31.3 Å². The Hall–Kier alpha value is -2.84. The number of carbonyl (C=O) groups is 1. The Morgan fingerprint density at radius 3 is 2.21 bits per heavy atom. The van der Waals surface area contributed by atoms with Crippen molar-refractivity contribution in [2.24, 2.45) is 0 Å². The molecular formula is C21H19BrN2O4S. The smallest absolute Gasteiger partial charge is 0.264 e. The zero-order valence-electron chi connectivity index (χ0n) is 15.6. The second-order valence-electron chi connectivity index (χ2n) is 6.16. The van der Waals surface area contributed by atoms with Crippen molar-refractivity contribution >= 4 is 43.2 Å². The lowest BCUT2D eigenvalue weighted by atomic mass is 10.3. The van der Waals surface area contributed by atoms with Gasteiger partial charge in [0.15, 0.2) is 6.61 Å². The fraction of sp³-hybridized carbons (Fsp3) is 0.0952. The summed E-state index contributed by atoms with van der Waals surface area (Å²) in [7, 11) is -2.05. The largest absolute Gasteiger partial charge is 0.484 e. The highest BCUT2D eigenvalue weighted by molar-refractivity contribution is 9.10. The fourth-order valence-corrected chi connectivity index (χ4v) is 3.81. The Morgan fingerprint density at radius 2 is 1.59 bits per heavy atom. The third-order valence-electron chi connectivity index (χ3n) is 4.11. The first kappa shape index (κ1) is 20.9. The monoisotopic (exact) mass is 474 g/mol. The zero-order valence-corrected chi connectivity index (χ0v) is 18.0. The summed E-state index contributed by atoms with van der Waals surface area (Å²) in [4.78, 5) is 13.9. The number of para-hydroxylation sites is 1. The summed E-state index contributed by atoms with van der Waals surface area (Å²) >= 11 is 3.31. The highest BCUT2D eigenvalue weighted by Crippen LogP contribution is 2.21. The van der Waals surface area contributed by atoms with Gasteiger partial charge in [0.25, 0.3) is 15.9 Å². The molecule has 0 saturated heterocycles. The van der Waals surface area contributed by atoms with Crippen LogP contribution in [0.25, 0.3) is 0 Å². The number of benzene rings is 3. The topological polar surface area (TPSA) is 75.7 Å². The third kappa shape index (κ3) is 5.58. The van der Waals surface area contributed by atoms with E-state index in [-0.39, 0.29) is 17.4 Å². The molecule has 6 nitrogen and oxygen atoms in total. The summed E-state index contributed by atoms with van der Waals surface area (Å²) in [6, 6.07) is 22.0. The van der Waals surface area contributed by atoms with Gasteiger partial charge in [0.1, 0.15) is 5.75 Å². The molecule has 0 aliphatic heterocycles. The first-order valence-corrected chi connectivity index (χ1v) is 11.0. The summed E-state index contributed by atoms with van der Waals surface area (Å²) in [5, 5.41) is 0. The Bertz CT molecular complexity index is 1070. The molecule has 0 unspecified atom stereocenters. The van der Waals surface area contributed by atoms with E-state index in [0.717, 1.165) is 10.2 Å². The van der Waals surface area contributed by atoms with Gasteiger partial charge in [-0.25, -0.2) is 8.42 Å². The first-order valence-electron chi connectivity index (χ1n) is 8.68. The van der Waals surface area contributed by atoms with Gasteiger partial charge in [-0.1, -0.05) is 34.1 Å². The lowest BCUT2D eigenvalue weighted by molar-refractivity contribution is -0.120. The Morgan fingerprint density at radius 1 is 0.966 bits per heavy atom. The lowest BCUT2D eigenvalue weighted by Crippen LogP contribution is -2.31. The second-order valence-corrected chi connectivity index (χ2v) is 8.76. The number of carbonyl (C=O) groups excluding carboxylic acids is 1. The number of nitrogens with one attached hydrogen (secondary N) is 1. The maximum Gasteiger partial charge on any atom is 0.264 e. The van der Waals surface area contributed by atoms with Gasteiger partial charge in [-0.3, -0.25) is 9.52 Å². The molecule has 0 atom stereocenters. The van der Waals surface area contributed by atoms with Crippen LogP contribution >= 0.6 is 15.9 Å². The predicted octanol–water partition coefficient (Wildman–Crippen LogP) is 4.29. The molecule has 3 aromatic carbocycles. The van der Waals surface area contributed by atoms with Crippen LogP contribution in [0.3, 0.4) is 0 Å². The van der Waals surface area contributed by atoms with Crippen LogP contribution in [0.5, 0.6) is 5.75 Å². The van der Waals surface area contributed by atoms with Crippen LogP contribution in [0.4, 0.5) is 11.4 Å². The predicted molar refractivity (Wildman–Crippen MR) is 117 cm³/mol. The summed E-state index contributed by atoms with van der Waals surface area (Å²) < 4.78 is 33.8. The molecule has 3 rings (SSSR count). The molecule has 0 spiro atoms. The van der Waals surface area contributed by atoms with Crippen molar-refractivity contribution in [3.8, 4) is 5.75 Å². The van der Waals surface area contributed by atoms with Crippen LogP contribution < -0.4 is 14.4 Å². The van der Waals surface area contributed by atoms with Crippen LogP contribution in [0.1, 0.15) is 0 Å². The van der Waals surface area contributed by atoms with Crippen molar-refractivity contribution in [3.05, 3.63) is 83.3 Å². The van der Waals surface area contributed by atoms with Crippen LogP contribution in [0.15, 0.2) is 88.2 Å². The second kappa shape index (κ2) is 9.11. The molecule has 0 fully saturated rings. The first-order chi connectivity index (χ1) is 13.8. The normalized spacial score (nSPS) is 11.0. The maximum atomic E-state index is 12.5. The molecule has 29 heavy (non-hydrogen) atoms. The molecule has 0 aromatic heterocycles. The third-order valence-corrected chi connectivity index (χ3v) is 6.04. The minimum absolute atomic E-state index is 0.0977. The van der Waals surface area contributed by atoms with Gasteiger partial charge in [0.2, 0.25) is 0 Å². The highest BCUT2D eigenvalue weighted by Gasteiger charge is 2.15. The number of likely N-dealkylation sites (N-methyl/N-ethyl adjacent to an activating group) is 1. The van der Waals surface area contributed by atoms with E-state index in [1.807, 2.05) is 30.3 Å². The number of sulfonamides is 1. The van der Waals surface area contributed by atoms with Crippen molar-refractivity contribution in [3.63, 3.8) is 0 Å². The van der Waals surface area contributed by atoms with Gasteiger partial charge >= 0.3 is 0 Å². The molecule has 3 aromatic rings. The lowest BCUT2D eigenvalue weighted by Gasteiger charge is -2.17. The van der Waals surface area contributed by atoms with Crippen LogP contribution in [0.2, 0.25) is 0 Å². The van der Waals surface area contributed by atoms with E-state index in [4.69, 9.17) is 4.74 Å². The molecular weight excluding hydrogens is 456 g/mol. The molecule has 0 aliphatic carbocycles. The fourth-order valence-electron chi connectivity index (χ4n) is 2.48. The minimum Gasteiger partial charge on any atom is -0.484 e. The summed E-state index contributed by atoms with van der Waals surface area (Å²) in [6.07, 6.45) is 0. The van der Waals surface area contributed by atoms with Gasteiger partial charge in [-0.05, 0) is 60.7 Å². The molecule has 1 amide bonds.